The second-order valence-electron chi connectivity index (χ2n) is 8.96. The zero-order valence-corrected chi connectivity index (χ0v) is 19.2. The SMILES string of the molecule is NC(=O)c1cc(F)c(N[C@@H]2CCCCC2N)nc1Nc1ccc2c(cnn2Cc2ccccc2)c1. The number of pyridine rings is 1. The molecule has 1 amide bonds. The normalized spacial score (nSPS) is 17.9. The van der Waals surface area contributed by atoms with Gasteiger partial charge in [-0.3, -0.25) is 9.48 Å². The fourth-order valence-electron chi connectivity index (χ4n) is 4.57. The van der Waals surface area contributed by atoms with Crippen LogP contribution >= 0.6 is 0 Å². The first-order valence-electron chi connectivity index (χ1n) is 11.8. The van der Waals surface area contributed by atoms with Crippen molar-refractivity contribution in [1.82, 2.24) is 14.8 Å². The van der Waals surface area contributed by atoms with Crippen LogP contribution in [0, 0.1) is 5.82 Å². The van der Waals surface area contributed by atoms with E-state index in [2.05, 4.69) is 32.8 Å². The maximum Gasteiger partial charge on any atom is 0.252 e. The predicted molar refractivity (Wildman–Crippen MR) is 135 cm³/mol. The third-order valence-corrected chi connectivity index (χ3v) is 6.46. The Bertz CT molecular complexity index is 1350. The molecule has 0 bridgehead atoms. The summed E-state index contributed by atoms with van der Waals surface area (Å²) < 4.78 is 16.7. The zero-order chi connectivity index (χ0) is 24.4. The summed E-state index contributed by atoms with van der Waals surface area (Å²) in [5, 5.41) is 11.7. The number of carbonyl (C=O) groups is 1. The van der Waals surface area contributed by atoms with E-state index in [1.54, 1.807) is 6.20 Å². The average Bonchev–Trinajstić information content (AvgIpc) is 3.24. The van der Waals surface area contributed by atoms with Gasteiger partial charge in [-0.2, -0.15) is 5.10 Å². The lowest BCUT2D eigenvalue weighted by atomic mass is 9.91. The van der Waals surface area contributed by atoms with Crippen molar-refractivity contribution in [3.8, 4) is 0 Å². The van der Waals surface area contributed by atoms with E-state index < -0.39 is 11.7 Å². The molecule has 2 atom stereocenters. The van der Waals surface area contributed by atoms with Gasteiger partial charge in [0, 0.05) is 23.2 Å². The number of aromatic nitrogens is 3. The van der Waals surface area contributed by atoms with Gasteiger partial charge in [0.15, 0.2) is 11.6 Å². The van der Waals surface area contributed by atoms with E-state index in [0.29, 0.717) is 12.2 Å². The quantitative estimate of drug-likeness (QED) is 0.320. The van der Waals surface area contributed by atoms with Crippen molar-refractivity contribution < 1.29 is 9.18 Å². The number of fused-ring (bicyclic) bond motifs is 1. The fraction of sp³-hybridized carbons (Fsp3) is 0.269. The molecule has 0 aliphatic heterocycles. The summed E-state index contributed by atoms with van der Waals surface area (Å²) in [6.45, 7) is 0.654. The summed E-state index contributed by atoms with van der Waals surface area (Å²) >= 11 is 0. The predicted octanol–water partition coefficient (Wildman–Crippen LogP) is 4.14. The van der Waals surface area contributed by atoms with E-state index in [1.165, 1.54) is 0 Å². The summed E-state index contributed by atoms with van der Waals surface area (Å²) in [6.07, 6.45) is 5.59. The number of halogens is 1. The van der Waals surface area contributed by atoms with Crippen molar-refractivity contribution in [3.05, 3.63) is 77.7 Å². The van der Waals surface area contributed by atoms with Gasteiger partial charge in [0.25, 0.3) is 5.91 Å². The van der Waals surface area contributed by atoms with Gasteiger partial charge in [0.05, 0.1) is 23.8 Å². The first-order valence-corrected chi connectivity index (χ1v) is 11.8. The smallest absolute Gasteiger partial charge is 0.252 e. The molecule has 8 nitrogen and oxygen atoms in total. The molecule has 1 saturated carbocycles. The first-order chi connectivity index (χ1) is 17.0. The van der Waals surface area contributed by atoms with Crippen molar-refractivity contribution in [2.75, 3.05) is 10.6 Å². The monoisotopic (exact) mass is 473 g/mol. The van der Waals surface area contributed by atoms with Crippen molar-refractivity contribution in [2.24, 2.45) is 11.5 Å². The topological polar surface area (TPSA) is 124 Å². The average molecular weight is 474 g/mol. The molecular formula is C26H28FN7O. The first kappa shape index (κ1) is 22.8. The Hall–Kier alpha value is -3.98. The summed E-state index contributed by atoms with van der Waals surface area (Å²) in [7, 11) is 0. The van der Waals surface area contributed by atoms with Crippen LogP contribution in [0.15, 0.2) is 60.8 Å². The molecule has 5 rings (SSSR count). The molecule has 6 N–H and O–H groups in total. The van der Waals surface area contributed by atoms with Gasteiger partial charge in [-0.25, -0.2) is 9.37 Å². The molecule has 1 fully saturated rings. The van der Waals surface area contributed by atoms with Crippen molar-refractivity contribution in [2.45, 2.75) is 44.3 Å². The Labute approximate surface area is 202 Å². The highest BCUT2D eigenvalue weighted by Gasteiger charge is 2.24. The third-order valence-electron chi connectivity index (χ3n) is 6.46. The molecule has 2 aromatic heterocycles. The Balaban J connectivity index is 1.42. The molecular weight excluding hydrogens is 445 g/mol. The van der Waals surface area contributed by atoms with Gasteiger partial charge in [-0.15, -0.1) is 0 Å². The lowest BCUT2D eigenvalue weighted by molar-refractivity contribution is 0.100. The highest BCUT2D eigenvalue weighted by molar-refractivity contribution is 5.99. The molecule has 1 unspecified atom stereocenters. The van der Waals surface area contributed by atoms with Gasteiger partial charge < -0.3 is 22.1 Å². The van der Waals surface area contributed by atoms with Crippen molar-refractivity contribution in [3.63, 3.8) is 0 Å². The standard InChI is InChI=1S/C26H28FN7O/c27-20-13-19(24(29)35)25(33-26(20)32-22-9-5-4-8-21(22)28)31-18-10-11-23-17(12-18)14-30-34(23)15-16-6-2-1-3-7-16/h1-3,6-7,10-14,21-22H,4-5,8-9,15,28H2,(H2,29,35)(H2,31,32,33)/t21?,22-/m1/s1. The van der Waals surface area contributed by atoms with Crippen LogP contribution in [0.3, 0.4) is 0 Å². The molecule has 0 radical (unpaired) electrons. The highest BCUT2D eigenvalue weighted by atomic mass is 19.1. The van der Waals surface area contributed by atoms with E-state index in [9.17, 15) is 9.18 Å². The molecule has 1 aliphatic rings. The number of primary amides is 1. The van der Waals surface area contributed by atoms with Crippen LogP contribution < -0.4 is 22.1 Å². The molecule has 2 heterocycles. The van der Waals surface area contributed by atoms with Crippen LogP contribution in [0.1, 0.15) is 41.6 Å². The number of hydrogen-bond donors (Lipinski definition) is 4. The fourth-order valence-corrected chi connectivity index (χ4v) is 4.57. The van der Waals surface area contributed by atoms with Crippen LogP contribution in [0.2, 0.25) is 0 Å². The summed E-state index contributed by atoms with van der Waals surface area (Å²) in [6, 6.07) is 16.8. The van der Waals surface area contributed by atoms with E-state index in [1.807, 2.05) is 41.1 Å². The Morgan fingerprint density at radius 3 is 2.66 bits per heavy atom. The maximum atomic E-state index is 14.8. The van der Waals surface area contributed by atoms with E-state index >= 15 is 0 Å². The van der Waals surface area contributed by atoms with Gasteiger partial charge in [-0.05, 0) is 42.7 Å². The van der Waals surface area contributed by atoms with Gasteiger partial charge in [0.1, 0.15) is 5.82 Å². The van der Waals surface area contributed by atoms with Crippen LogP contribution in [-0.2, 0) is 6.54 Å². The van der Waals surface area contributed by atoms with E-state index in [-0.39, 0.29) is 29.3 Å². The van der Waals surface area contributed by atoms with Crippen LogP contribution in [0.25, 0.3) is 10.9 Å². The second kappa shape index (κ2) is 9.71. The molecule has 0 saturated heterocycles. The maximum absolute atomic E-state index is 14.8. The van der Waals surface area contributed by atoms with Gasteiger partial charge >= 0.3 is 0 Å². The number of carbonyl (C=O) groups excluding carboxylic acids is 1. The molecule has 35 heavy (non-hydrogen) atoms. The number of benzene rings is 2. The molecule has 2 aromatic carbocycles. The molecule has 0 spiro atoms. The number of rotatable bonds is 7. The van der Waals surface area contributed by atoms with Gasteiger partial charge in [0.2, 0.25) is 0 Å². The summed E-state index contributed by atoms with van der Waals surface area (Å²) in [5.41, 5.74) is 14.5. The Kier molecular flexibility index (Phi) is 6.33. The Morgan fingerprint density at radius 2 is 1.89 bits per heavy atom. The second-order valence-corrected chi connectivity index (χ2v) is 8.96. The van der Waals surface area contributed by atoms with Gasteiger partial charge in [-0.1, -0.05) is 43.2 Å². The summed E-state index contributed by atoms with van der Waals surface area (Å²) in [4.78, 5) is 16.4. The van der Waals surface area contributed by atoms with Crippen LogP contribution in [0.4, 0.5) is 21.7 Å². The largest absolute Gasteiger partial charge is 0.365 e. The van der Waals surface area contributed by atoms with Crippen LogP contribution in [-0.4, -0.2) is 32.8 Å². The summed E-state index contributed by atoms with van der Waals surface area (Å²) in [5.74, 6) is -1.17. The highest BCUT2D eigenvalue weighted by Crippen LogP contribution is 2.28. The van der Waals surface area contributed by atoms with E-state index in [4.69, 9.17) is 11.5 Å². The minimum Gasteiger partial charge on any atom is -0.365 e. The number of hydrogen-bond acceptors (Lipinski definition) is 6. The van der Waals surface area contributed by atoms with Crippen LogP contribution in [0.5, 0.6) is 0 Å². The van der Waals surface area contributed by atoms with Crippen molar-refractivity contribution in [1.29, 1.82) is 0 Å². The number of nitrogens with two attached hydrogens (primary N) is 2. The lowest BCUT2D eigenvalue weighted by Crippen LogP contribution is -2.43. The number of amides is 1. The molecule has 1 aliphatic carbocycles. The molecule has 180 valence electrons. The Morgan fingerprint density at radius 1 is 1.09 bits per heavy atom. The number of anilines is 3. The van der Waals surface area contributed by atoms with E-state index in [0.717, 1.165) is 48.2 Å². The minimum atomic E-state index is -0.767. The molecule has 4 aromatic rings. The minimum absolute atomic E-state index is 0.0270. The zero-order valence-electron chi connectivity index (χ0n) is 19.2. The van der Waals surface area contributed by atoms with Crippen molar-refractivity contribution >= 4 is 34.1 Å². The lowest BCUT2D eigenvalue weighted by Gasteiger charge is -2.30. The molecule has 9 heteroatoms. The number of nitrogens with one attached hydrogen (secondary N) is 2. The number of nitrogens with zero attached hydrogens (tertiary/aromatic N) is 3. The third kappa shape index (κ3) is 4.95.